The summed E-state index contributed by atoms with van der Waals surface area (Å²) in [5.74, 6) is 0.747. The molecule has 20 heavy (non-hydrogen) atoms. The SMILES string of the molecule is CNCc1c(F)cccc1N1CCCC1C1CCCC1. The first-order chi connectivity index (χ1) is 9.81. The first-order valence-corrected chi connectivity index (χ1v) is 8.00. The third-order valence-electron chi connectivity index (χ3n) is 5.00. The van der Waals surface area contributed by atoms with Crippen LogP contribution in [0.1, 0.15) is 44.1 Å². The minimum Gasteiger partial charge on any atom is -0.368 e. The lowest BCUT2D eigenvalue weighted by Gasteiger charge is -2.33. The molecular formula is C17H25FN2. The molecule has 1 aromatic carbocycles. The number of hydrogen-bond acceptors (Lipinski definition) is 2. The molecule has 2 nitrogen and oxygen atoms in total. The van der Waals surface area contributed by atoms with Gasteiger partial charge in [0.15, 0.2) is 0 Å². The zero-order valence-electron chi connectivity index (χ0n) is 12.4. The molecule has 2 aliphatic rings. The highest BCUT2D eigenvalue weighted by molar-refractivity contribution is 5.56. The van der Waals surface area contributed by atoms with E-state index in [0.717, 1.165) is 23.7 Å². The summed E-state index contributed by atoms with van der Waals surface area (Å²) in [7, 11) is 1.88. The molecule has 1 saturated heterocycles. The summed E-state index contributed by atoms with van der Waals surface area (Å²) in [6.07, 6.45) is 8.00. The van der Waals surface area contributed by atoms with E-state index in [4.69, 9.17) is 0 Å². The maximum atomic E-state index is 14.1. The first kappa shape index (κ1) is 13.9. The van der Waals surface area contributed by atoms with E-state index in [1.165, 1.54) is 38.5 Å². The Hall–Kier alpha value is -1.09. The van der Waals surface area contributed by atoms with Crippen LogP contribution < -0.4 is 10.2 Å². The van der Waals surface area contributed by atoms with E-state index in [1.54, 1.807) is 6.07 Å². The van der Waals surface area contributed by atoms with Crippen LogP contribution in [0.4, 0.5) is 10.1 Å². The molecular weight excluding hydrogens is 251 g/mol. The Morgan fingerprint density at radius 2 is 2.00 bits per heavy atom. The van der Waals surface area contributed by atoms with Crippen molar-refractivity contribution in [3.05, 3.63) is 29.6 Å². The Bertz CT molecular complexity index is 454. The minimum absolute atomic E-state index is 0.0751. The number of benzene rings is 1. The topological polar surface area (TPSA) is 15.3 Å². The normalized spacial score (nSPS) is 23.7. The average molecular weight is 276 g/mol. The summed E-state index contributed by atoms with van der Waals surface area (Å²) in [5, 5.41) is 3.11. The van der Waals surface area contributed by atoms with Crippen molar-refractivity contribution >= 4 is 5.69 Å². The molecule has 1 unspecified atom stereocenters. The summed E-state index contributed by atoms with van der Waals surface area (Å²) in [4.78, 5) is 2.49. The van der Waals surface area contributed by atoms with Crippen LogP contribution in [0.25, 0.3) is 0 Å². The number of anilines is 1. The number of hydrogen-bond donors (Lipinski definition) is 1. The van der Waals surface area contributed by atoms with Gasteiger partial charge in [-0.25, -0.2) is 4.39 Å². The lowest BCUT2D eigenvalue weighted by atomic mass is 9.95. The predicted octanol–water partition coefficient (Wildman–Crippen LogP) is 3.70. The van der Waals surface area contributed by atoms with Gasteiger partial charge in [-0.2, -0.15) is 0 Å². The Labute approximate surface area is 121 Å². The van der Waals surface area contributed by atoms with E-state index in [-0.39, 0.29) is 5.82 Å². The second kappa shape index (κ2) is 6.13. The van der Waals surface area contributed by atoms with Crippen LogP contribution in [0, 0.1) is 11.7 Å². The van der Waals surface area contributed by atoms with Gasteiger partial charge in [0.05, 0.1) is 0 Å². The molecule has 1 aromatic rings. The van der Waals surface area contributed by atoms with Gasteiger partial charge in [0.25, 0.3) is 0 Å². The quantitative estimate of drug-likeness (QED) is 0.902. The number of rotatable bonds is 4. The summed E-state index contributed by atoms with van der Waals surface area (Å²) in [5.41, 5.74) is 1.95. The molecule has 0 bridgehead atoms. The Balaban J connectivity index is 1.88. The molecule has 0 radical (unpaired) electrons. The minimum atomic E-state index is -0.0751. The second-order valence-corrected chi connectivity index (χ2v) is 6.22. The third kappa shape index (κ3) is 2.56. The largest absolute Gasteiger partial charge is 0.368 e. The van der Waals surface area contributed by atoms with Crippen molar-refractivity contribution in [3.8, 4) is 0 Å². The van der Waals surface area contributed by atoms with Crippen LogP contribution >= 0.6 is 0 Å². The highest BCUT2D eigenvalue weighted by Crippen LogP contribution is 2.39. The van der Waals surface area contributed by atoms with Crippen LogP contribution in [-0.2, 0) is 6.54 Å². The van der Waals surface area contributed by atoms with Crippen molar-refractivity contribution in [2.45, 2.75) is 51.1 Å². The fourth-order valence-corrected chi connectivity index (χ4v) is 4.09. The molecule has 3 heteroatoms. The van der Waals surface area contributed by atoms with E-state index < -0.39 is 0 Å². The Kier molecular flexibility index (Phi) is 4.25. The smallest absolute Gasteiger partial charge is 0.129 e. The van der Waals surface area contributed by atoms with E-state index in [2.05, 4.69) is 16.3 Å². The van der Waals surface area contributed by atoms with E-state index >= 15 is 0 Å². The fraction of sp³-hybridized carbons (Fsp3) is 0.647. The molecule has 1 saturated carbocycles. The molecule has 1 atom stereocenters. The van der Waals surface area contributed by atoms with Gasteiger partial charge in [0.1, 0.15) is 5.82 Å². The lowest BCUT2D eigenvalue weighted by molar-refractivity contribution is 0.429. The van der Waals surface area contributed by atoms with Gasteiger partial charge in [-0.05, 0) is 50.8 Å². The fourth-order valence-electron chi connectivity index (χ4n) is 4.09. The summed E-state index contributed by atoms with van der Waals surface area (Å²) >= 11 is 0. The lowest BCUT2D eigenvalue weighted by Crippen LogP contribution is -2.35. The van der Waals surface area contributed by atoms with Crippen molar-refractivity contribution < 1.29 is 4.39 Å². The van der Waals surface area contributed by atoms with E-state index in [9.17, 15) is 4.39 Å². The molecule has 0 amide bonds. The number of halogens is 1. The highest BCUT2D eigenvalue weighted by atomic mass is 19.1. The monoisotopic (exact) mass is 276 g/mol. The molecule has 1 aliphatic heterocycles. The maximum absolute atomic E-state index is 14.1. The number of nitrogens with zero attached hydrogens (tertiary/aromatic N) is 1. The second-order valence-electron chi connectivity index (χ2n) is 6.22. The molecule has 1 aliphatic carbocycles. The molecule has 3 rings (SSSR count). The molecule has 0 aromatic heterocycles. The van der Waals surface area contributed by atoms with Crippen LogP contribution in [0.2, 0.25) is 0 Å². The predicted molar refractivity (Wildman–Crippen MR) is 81.5 cm³/mol. The highest BCUT2D eigenvalue weighted by Gasteiger charge is 2.34. The van der Waals surface area contributed by atoms with Crippen LogP contribution in [0.3, 0.4) is 0 Å². The third-order valence-corrected chi connectivity index (χ3v) is 5.00. The van der Waals surface area contributed by atoms with Gasteiger partial charge in [-0.3, -0.25) is 0 Å². The molecule has 110 valence electrons. The van der Waals surface area contributed by atoms with Gasteiger partial charge < -0.3 is 10.2 Å². The van der Waals surface area contributed by atoms with Crippen molar-refractivity contribution in [3.63, 3.8) is 0 Å². The van der Waals surface area contributed by atoms with Crippen molar-refractivity contribution in [2.75, 3.05) is 18.5 Å². The van der Waals surface area contributed by atoms with E-state index in [0.29, 0.717) is 12.6 Å². The molecule has 1 heterocycles. The van der Waals surface area contributed by atoms with Gasteiger partial charge in [-0.1, -0.05) is 18.9 Å². The van der Waals surface area contributed by atoms with Gasteiger partial charge >= 0.3 is 0 Å². The Morgan fingerprint density at radius 3 is 2.75 bits per heavy atom. The molecule has 2 fully saturated rings. The van der Waals surface area contributed by atoms with Gasteiger partial charge in [0, 0.05) is 30.4 Å². The van der Waals surface area contributed by atoms with Crippen molar-refractivity contribution in [2.24, 2.45) is 5.92 Å². The van der Waals surface area contributed by atoms with Crippen LogP contribution in [0.15, 0.2) is 18.2 Å². The van der Waals surface area contributed by atoms with Crippen molar-refractivity contribution in [1.82, 2.24) is 5.32 Å². The zero-order valence-corrected chi connectivity index (χ0v) is 12.4. The zero-order chi connectivity index (χ0) is 13.9. The first-order valence-electron chi connectivity index (χ1n) is 8.00. The summed E-state index contributed by atoms with van der Waals surface area (Å²) < 4.78 is 14.1. The van der Waals surface area contributed by atoms with E-state index in [1.807, 2.05) is 13.1 Å². The molecule has 1 N–H and O–H groups in total. The average Bonchev–Trinajstić information content (AvgIpc) is 3.10. The van der Waals surface area contributed by atoms with Crippen molar-refractivity contribution in [1.29, 1.82) is 0 Å². The summed E-state index contributed by atoms with van der Waals surface area (Å²) in [6.45, 7) is 1.69. The Morgan fingerprint density at radius 1 is 1.20 bits per heavy atom. The van der Waals surface area contributed by atoms with Gasteiger partial charge in [0.2, 0.25) is 0 Å². The standard InChI is InChI=1S/C17H25FN2/c1-19-12-14-15(18)8-4-9-17(14)20-11-5-10-16(20)13-6-2-3-7-13/h4,8-9,13,16,19H,2-3,5-7,10-12H2,1H3. The summed E-state index contributed by atoms with van der Waals surface area (Å²) in [6, 6.07) is 6.17. The van der Waals surface area contributed by atoms with Crippen LogP contribution in [-0.4, -0.2) is 19.6 Å². The van der Waals surface area contributed by atoms with Gasteiger partial charge in [-0.15, -0.1) is 0 Å². The maximum Gasteiger partial charge on any atom is 0.129 e. The molecule has 0 spiro atoms. The number of nitrogens with one attached hydrogen (secondary N) is 1. The van der Waals surface area contributed by atoms with Crippen LogP contribution in [0.5, 0.6) is 0 Å².